The molecule has 1 aromatic carbocycles. The summed E-state index contributed by atoms with van der Waals surface area (Å²) in [5, 5.41) is 9.16. The second-order valence-electron chi connectivity index (χ2n) is 3.40. The fourth-order valence-electron chi connectivity index (χ4n) is 1.39. The molecule has 17 heavy (non-hydrogen) atoms. The average Bonchev–Trinajstić information content (AvgIpc) is 2.40. The number of pyridine rings is 1. The Hall–Kier alpha value is -2.07. The number of hydrogen-bond acceptors (Lipinski definition) is 4. The molecule has 0 radical (unpaired) electrons. The first kappa shape index (κ1) is 11.4. The second-order valence-corrected chi connectivity index (χ2v) is 3.40. The van der Waals surface area contributed by atoms with Gasteiger partial charge < -0.3 is 14.6 Å². The number of aliphatic hydroxyl groups is 1. The van der Waals surface area contributed by atoms with Gasteiger partial charge in [-0.15, -0.1) is 0 Å². The van der Waals surface area contributed by atoms with Gasteiger partial charge in [0.05, 0.1) is 19.9 Å². The third-order valence-corrected chi connectivity index (χ3v) is 2.30. The third kappa shape index (κ3) is 2.73. The topological polar surface area (TPSA) is 51.6 Å². The molecule has 88 valence electrons. The van der Waals surface area contributed by atoms with E-state index in [-0.39, 0.29) is 6.61 Å². The molecule has 0 aliphatic heterocycles. The minimum absolute atomic E-state index is 0.0632. The van der Waals surface area contributed by atoms with E-state index in [2.05, 4.69) is 4.98 Å². The van der Waals surface area contributed by atoms with Gasteiger partial charge in [-0.2, -0.15) is 0 Å². The van der Waals surface area contributed by atoms with Crippen molar-refractivity contribution < 1.29 is 14.6 Å². The molecule has 0 fully saturated rings. The smallest absolute Gasteiger partial charge is 0.219 e. The summed E-state index contributed by atoms with van der Waals surface area (Å²) in [6.07, 6.45) is 1.58. The minimum atomic E-state index is -0.0632. The molecule has 2 rings (SSSR count). The lowest BCUT2D eigenvalue weighted by molar-refractivity contribution is 0.276. The first-order chi connectivity index (χ1) is 8.33. The van der Waals surface area contributed by atoms with Crippen molar-refractivity contribution in [1.82, 2.24) is 4.98 Å². The van der Waals surface area contributed by atoms with Crippen LogP contribution in [0.15, 0.2) is 42.6 Å². The average molecular weight is 231 g/mol. The summed E-state index contributed by atoms with van der Waals surface area (Å²) in [5.74, 6) is 1.74. The van der Waals surface area contributed by atoms with Crippen molar-refractivity contribution in [3.63, 3.8) is 0 Å². The Balaban J connectivity index is 2.19. The van der Waals surface area contributed by atoms with Crippen LogP contribution in [-0.4, -0.2) is 17.2 Å². The summed E-state index contributed by atoms with van der Waals surface area (Å²) in [7, 11) is 1.58. The SMILES string of the molecule is COc1ccc(Oc2ccccc2CO)nc1. The molecule has 0 bridgehead atoms. The van der Waals surface area contributed by atoms with Crippen molar-refractivity contribution in [2.45, 2.75) is 6.61 Å². The van der Waals surface area contributed by atoms with Gasteiger partial charge in [0.2, 0.25) is 5.88 Å². The first-order valence-electron chi connectivity index (χ1n) is 5.20. The molecule has 4 nitrogen and oxygen atoms in total. The van der Waals surface area contributed by atoms with Crippen LogP contribution in [0.5, 0.6) is 17.4 Å². The van der Waals surface area contributed by atoms with E-state index < -0.39 is 0 Å². The van der Waals surface area contributed by atoms with Crippen LogP contribution in [0.2, 0.25) is 0 Å². The summed E-state index contributed by atoms with van der Waals surface area (Å²) in [6, 6.07) is 10.8. The predicted octanol–water partition coefficient (Wildman–Crippen LogP) is 2.37. The van der Waals surface area contributed by atoms with Crippen LogP contribution < -0.4 is 9.47 Å². The maximum atomic E-state index is 9.16. The van der Waals surface area contributed by atoms with Gasteiger partial charge in [0.25, 0.3) is 0 Å². The molecule has 4 heteroatoms. The van der Waals surface area contributed by atoms with E-state index >= 15 is 0 Å². The lowest BCUT2D eigenvalue weighted by Crippen LogP contribution is -1.93. The zero-order chi connectivity index (χ0) is 12.1. The number of nitrogens with zero attached hydrogens (tertiary/aromatic N) is 1. The number of ether oxygens (including phenoxy) is 2. The van der Waals surface area contributed by atoms with Crippen molar-refractivity contribution in [3.05, 3.63) is 48.2 Å². The highest BCUT2D eigenvalue weighted by molar-refractivity contribution is 5.36. The molecule has 0 saturated heterocycles. The summed E-state index contributed by atoms with van der Waals surface area (Å²) in [6.45, 7) is -0.0632. The first-order valence-corrected chi connectivity index (χ1v) is 5.20. The number of rotatable bonds is 4. The van der Waals surface area contributed by atoms with Crippen molar-refractivity contribution >= 4 is 0 Å². The molecule has 0 aliphatic carbocycles. The van der Waals surface area contributed by atoms with Crippen molar-refractivity contribution in [2.75, 3.05) is 7.11 Å². The quantitative estimate of drug-likeness (QED) is 0.877. The number of aromatic nitrogens is 1. The molecule has 0 saturated carbocycles. The third-order valence-electron chi connectivity index (χ3n) is 2.30. The van der Waals surface area contributed by atoms with Crippen LogP contribution in [0.3, 0.4) is 0 Å². The van der Waals surface area contributed by atoms with Crippen LogP contribution in [0.4, 0.5) is 0 Å². The van der Waals surface area contributed by atoms with Gasteiger partial charge in [-0.25, -0.2) is 4.98 Å². The molecule has 0 aliphatic rings. The van der Waals surface area contributed by atoms with Crippen LogP contribution in [0.25, 0.3) is 0 Å². The van der Waals surface area contributed by atoms with Crippen LogP contribution in [-0.2, 0) is 6.61 Å². The highest BCUT2D eigenvalue weighted by Crippen LogP contribution is 2.24. The number of para-hydroxylation sites is 1. The van der Waals surface area contributed by atoms with Gasteiger partial charge in [-0.3, -0.25) is 0 Å². The molecule has 0 spiro atoms. The molecule has 2 aromatic rings. The van der Waals surface area contributed by atoms with Gasteiger partial charge in [0, 0.05) is 11.6 Å². The van der Waals surface area contributed by atoms with Crippen molar-refractivity contribution in [1.29, 1.82) is 0 Å². The van der Waals surface area contributed by atoms with E-state index in [0.29, 0.717) is 17.4 Å². The van der Waals surface area contributed by atoms with Gasteiger partial charge in [0.1, 0.15) is 11.5 Å². The maximum Gasteiger partial charge on any atom is 0.219 e. The Kier molecular flexibility index (Phi) is 3.57. The van der Waals surface area contributed by atoms with E-state index in [0.717, 1.165) is 5.56 Å². The Morgan fingerprint density at radius 2 is 2.00 bits per heavy atom. The summed E-state index contributed by atoms with van der Waals surface area (Å²) < 4.78 is 10.6. The summed E-state index contributed by atoms with van der Waals surface area (Å²) >= 11 is 0. The van der Waals surface area contributed by atoms with Crippen molar-refractivity contribution in [3.8, 4) is 17.4 Å². The highest BCUT2D eigenvalue weighted by Gasteiger charge is 2.04. The van der Waals surface area contributed by atoms with E-state index in [1.165, 1.54) is 0 Å². The largest absolute Gasteiger partial charge is 0.495 e. The Morgan fingerprint density at radius 3 is 2.65 bits per heavy atom. The predicted molar refractivity (Wildman–Crippen MR) is 63.2 cm³/mol. The van der Waals surface area contributed by atoms with Gasteiger partial charge in [-0.1, -0.05) is 18.2 Å². The molecular formula is C13H13NO3. The molecule has 1 heterocycles. The molecule has 1 aromatic heterocycles. The van der Waals surface area contributed by atoms with Gasteiger partial charge in [-0.05, 0) is 12.1 Å². The molecule has 1 N–H and O–H groups in total. The van der Waals surface area contributed by atoms with Crippen LogP contribution in [0, 0.1) is 0 Å². The lowest BCUT2D eigenvalue weighted by Gasteiger charge is -2.08. The minimum Gasteiger partial charge on any atom is -0.495 e. The molecule has 0 unspecified atom stereocenters. The van der Waals surface area contributed by atoms with E-state index in [4.69, 9.17) is 14.6 Å². The number of hydrogen-bond donors (Lipinski definition) is 1. The van der Waals surface area contributed by atoms with E-state index in [1.54, 1.807) is 37.6 Å². The lowest BCUT2D eigenvalue weighted by atomic mass is 10.2. The monoisotopic (exact) mass is 231 g/mol. The Bertz CT molecular complexity index is 482. The molecule has 0 atom stereocenters. The van der Waals surface area contributed by atoms with E-state index in [1.807, 2.05) is 12.1 Å². The normalized spacial score (nSPS) is 10.0. The van der Waals surface area contributed by atoms with Gasteiger partial charge >= 0.3 is 0 Å². The van der Waals surface area contributed by atoms with Crippen molar-refractivity contribution in [2.24, 2.45) is 0 Å². The number of aliphatic hydroxyl groups excluding tert-OH is 1. The fourth-order valence-corrected chi connectivity index (χ4v) is 1.39. The van der Waals surface area contributed by atoms with Crippen LogP contribution in [0.1, 0.15) is 5.56 Å². The summed E-state index contributed by atoms with van der Waals surface area (Å²) in [4.78, 5) is 4.09. The van der Waals surface area contributed by atoms with Gasteiger partial charge in [0.15, 0.2) is 0 Å². The second kappa shape index (κ2) is 5.32. The Labute approximate surface area is 99.5 Å². The van der Waals surface area contributed by atoms with E-state index in [9.17, 15) is 0 Å². The highest BCUT2D eigenvalue weighted by atomic mass is 16.5. The zero-order valence-electron chi connectivity index (χ0n) is 9.46. The Morgan fingerprint density at radius 1 is 1.18 bits per heavy atom. The zero-order valence-corrected chi connectivity index (χ0v) is 9.46. The van der Waals surface area contributed by atoms with Crippen LogP contribution >= 0.6 is 0 Å². The number of benzene rings is 1. The molecular weight excluding hydrogens is 218 g/mol. The number of methoxy groups -OCH3 is 1. The summed E-state index contributed by atoms with van der Waals surface area (Å²) in [5.41, 5.74) is 0.727. The standard InChI is InChI=1S/C13H13NO3/c1-16-11-6-7-13(14-8-11)17-12-5-3-2-4-10(12)9-15/h2-8,15H,9H2,1H3. The molecule has 0 amide bonds. The maximum absolute atomic E-state index is 9.16. The fraction of sp³-hybridized carbons (Fsp3) is 0.154.